The fraction of sp³-hybridized carbons (Fsp3) is 0.217. The molecule has 1 fully saturated rings. The van der Waals surface area contributed by atoms with Crippen LogP contribution in [-0.4, -0.2) is 37.1 Å². The molecule has 4 rings (SSSR count). The predicted molar refractivity (Wildman–Crippen MR) is 115 cm³/mol. The van der Waals surface area contributed by atoms with Crippen LogP contribution in [0.2, 0.25) is 0 Å². The zero-order chi connectivity index (χ0) is 19.2. The summed E-state index contributed by atoms with van der Waals surface area (Å²) < 4.78 is 0. The van der Waals surface area contributed by atoms with Gasteiger partial charge in [-0.25, -0.2) is 4.98 Å². The minimum Gasteiger partial charge on any atom is -0.368 e. The number of aromatic nitrogens is 1. The van der Waals surface area contributed by atoms with Gasteiger partial charge in [0.15, 0.2) is 0 Å². The predicted octanol–water partition coefficient (Wildman–Crippen LogP) is 3.79. The van der Waals surface area contributed by atoms with Crippen LogP contribution in [0.4, 0.5) is 17.2 Å². The second-order valence-corrected chi connectivity index (χ2v) is 6.85. The number of benzene rings is 1. The second kappa shape index (κ2) is 8.57. The Morgan fingerprint density at radius 2 is 1.71 bits per heavy atom. The maximum atomic E-state index is 12.4. The summed E-state index contributed by atoms with van der Waals surface area (Å²) in [7, 11) is 0. The first-order chi connectivity index (χ1) is 13.8. The monoisotopic (exact) mass is 372 g/mol. The van der Waals surface area contributed by atoms with Gasteiger partial charge in [-0.3, -0.25) is 4.79 Å². The molecule has 142 valence electrons. The fourth-order valence-corrected chi connectivity index (χ4v) is 3.42. The molecule has 2 aromatic rings. The van der Waals surface area contributed by atoms with E-state index < -0.39 is 0 Å². The molecule has 0 unspecified atom stereocenters. The average Bonchev–Trinajstić information content (AvgIpc) is 3.05. The SMILES string of the molecule is O=C(Nc1ccc(N2CCN(c3ccccn3)CC2)cc1)C1=CC=CCC=C1. The summed E-state index contributed by atoms with van der Waals surface area (Å²) in [6.07, 6.45) is 12.3. The van der Waals surface area contributed by atoms with Gasteiger partial charge in [-0.2, -0.15) is 0 Å². The van der Waals surface area contributed by atoms with E-state index in [2.05, 4.69) is 38.3 Å². The second-order valence-electron chi connectivity index (χ2n) is 6.85. The molecule has 2 aliphatic rings. The van der Waals surface area contributed by atoms with Crippen molar-refractivity contribution in [3.63, 3.8) is 0 Å². The molecule has 1 aliphatic carbocycles. The first-order valence-corrected chi connectivity index (χ1v) is 9.65. The van der Waals surface area contributed by atoms with E-state index in [0.717, 1.165) is 44.1 Å². The Kier molecular flexibility index (Phi) is 5.52. The van der Waals surface area contributed by atoms with Crippen LogP contribution in [0, 0.1) is 0 Å². The van der Waals surface area contributed by atoms with Gasteiger partial charge in [0, 0.05) is 49.3 Å². The van der Waals surface area contributed by atoms with Gasteiger partial charge in [-0.05, 0) is 48.9 Å². The lowest BCUT2D eigenvalue weighted by Gasteiger charge is -2.36. The van der Waals surface area contributed by atoms with Crippen LogP contribution in [-0.2, 0) is 4.79 Å². The molecule has 0 saturated carbocycles. The number of allylic oxidation sites excluding steroid dienone is 4. The van der Waals surface area contributed by atoms with Crippen molar-refractivity contribution in [1.82, 2.24) is 4.98 Å². The first kappa shape index (κ1) is 18.0. The van der Waals surface area contributed by atoms with Crippen LogP contribution in [0.15, 0.2) is 84.6 Å². The van der Waals surface area contributed by atoms with E-state index in [4.69, 9.17) is 0 Å². The molecule has 1 aromatic carbocycles. The number of nitrogens with zero attached hydrogens (tertiary/aromatic N) is 3. The van der Waals surface area contributed by atoms with Crippen LogP contribution in [0.5, 0.6) is 0 Å². The van der Waals surface area contributed by atoms with Crippen molar-refractivity contribution in [3.8, 4) is 0 Å². The number of pyridine rings is 1. The Balaban J connectivity index is 1.34. The molecule has 5 nitrogen and oxygen atoms in total. The Labute approximate surface area is 165 Å². The van der Waals surface area contributed by atoms with Gasteiger partial charge in [-0.15, -0.1) is 0 Å². The third-order valence-corrected chi connectivity index (χ3v) is 4.99. The molecule has 28 heavy (non-hydrogen) atoms. The zero-order valence-electron chi connectivity index (χ0n) is 15.8. The lowest BCUT2D eigenvalue weighted by Crippen LogP contribution is -2.46. The first-order valence-electron chi connectivity index (χ1n) is 9.65. The van der Waals surface area contributed by atoms with Crippen LogP contribution in [0.3, 0.4) is 0 Å². The number of hydrogen-bond donors (Lipinski definition) is 1. The molecule has 2 heterocycles. The largest absolute Gasteiger partial charge is 0.368 e. The maximum absolute atomic E-state index is 12.4. The topological polar surface area (TPSA) is 48.5 Å². The molecular formula is C23H24N4O. The van der Waals surface area contributed by atoms with Gasteiger partial charge in [0.05, 0.1) is 0 Å². The van der Waals surface area contributed by atoms with Gasteiger partial charge in [0.1, 0.15) is 5.82 Å². The van der Waals surface area contributed by atoms with Crippen molar-refractivity contribution in [2.75, 3.05) is 41.3 Å². The summed E-state index contributed by atoms with van der Waals surface area (Å²) in [5.74, 6) is 0.955. The third-order valence-electron chi connectivity index (χ3n) is 4.99. The summed E-state index contributed by atoms with van der Waals surface area (Å²) in [6.45, 7) is 3.80. The van der Waals surface area contributed by atoms with Crippen molar-refractivity contribution < 1.29 is 4.79 Å². The summed E-state index contributed by atoms with van der Waals surface area (Å²) in [4.78, 5) is 21.5. The van der Waals surface area contributed by atoms with Gasteiger partial charge in [0.25, 0.3) is 5.91 Å². The summed E-state index contributed by atoms with van der Waals surface area (Å²) in [6, 6.07) is 14.1. The molecule has 1 amide bonds. The van der Waals surface area contributed by atoms with Crippen LogP contribution in [0.1, 0.15) is 6.42 Å². The van der Waals surface area contributed by atoms with Gasteiger partial charge in [-0.1, -0.05) is 30.4 Å². The smallest absolute Gasteiger partial charge is 0.255 e. The highest BCUT2D eigenvalue weighted by molar-refractivity contribution is 6.06. The fourth-order valence-electron chi connectivity index (χ4n) is 3.42. The van der Waals surface area contributed by atoms with Crippen molar-refractivity contribution in [1.29, 1.82) is 0 Å². The van der Waals surface area contributed by atoms with E-state index in [1.54, 1.807) is 0 Å². The number of hydrogen-bond acceptors (Lipinski definition) is 4. The molecule has 0 radical (unpaired) electrons. The number of carbonyl (C=O) groups excluding carboxylic acids is 1. The Bertz CT molecular complexity index is 892. The van der Waals surface area contributed by atoms with Gasteiger partial charge < -0.3 is 15.1 Å². The Morgan fingerprint density at radius 3 is 2.46 bits per heavy atom. The van der Waals surface area contributed by atoms with Gasteiger partial charge in [0.2, 0.25) is 0 Å². The molecule has 0 atom stereocenters. The molecule has 0 spiro atoms. The molecule has 1 saturated heterocycles. The van der Waals surface area contributed by atoms with E-state index >= 15 is 0 Å². The molecule has 0 bridgehead atoms. The van der Waals surface area contributed by atoms with Crippen molar-refractivity contribution in [2.24, 2.45) is 0 Å². The van der Waals surface area contributed by atoms with Crippen molar-refractivity contribution in [2.45, 2.75) is 6.42 Å². The van der Waals surface area contributed by atoms with Gasteiger partial charge >= 0.3 is 0 Å². The third kappa shape index (κ3) is 4.31. The van der Waals surface area contributed by atoms with E-state index in [1.807, 2.05) is 60.8 Å². The highest BCUT2D eigenvalue weighted by Crippen LogP contribution is 2.21. The van der Waals surface area contributed by atoms with E-state index in [9.17, 15) is 4.79 Å². The highest BCUT2D eigenvalue weighted by Gasteiger charge is 2.18. The minimum atomic E-state index is -0.0838. The molecular weight excluding hydrogens is 348 g/mol. The summed E-state index contributed by atoms with van der Waals surface area (Å²) in [5.41, 5.74) is 2.65. The van der Waals surface area contributed by atoms with Crippen LogP contribution >= 0.6 is 0 Å². The lowest BCUT2D eigenvalue weighted by molar-refractivity contribution is -0.112. The Hall–Kier alpha value is -3.34. The number of carbonyl (C=O) groups is 1. The molecule has 1 aliphatic heterocycles. The van der Waals surface area contributed by atoms with E-state index in [1.165, 1.54) is 5.69 Å². The zero-order valence-corrected chi connectivity index (χ0v) is 15.8. The minimum absolute atomic E-state index is 0.0838. The number of piperazine rings is 1. The van der Waals surface area contributed by atoms with Crippen molar-refractivity contribution >= 4 is 23.1 Å². The molecule has 5 heteroatoms. The van der Waals surface area contributed by atoms with E-state index in [-0.39, 0.29) is 5.91 Å². The standard InChI is InChI=1S/C23H24N4O/c28-23(19-7-3-1-2-4-8-19)25-20-10-12-21(13-11-20)26-15-17-27(18-16-26)22-9-5-6-14-24-22/h1,3-14H,2,15-18H2,(H,25,28). The maximum Gasteiger partial charge on any atom is 0.255 e. The number of nitrogens with one attached hydrogen (secondary N) is 1. The normalized spacial score (nSPS) is 16.5. The lowest BCUT2D eigenvalue weighted by atomic mass is 10.2. The van der Waals surface area contributed by atoms with Crippen LogP contribution < -0.4 is 15.1 Å². The average molecular weight is 372 g/mol. The number of rotatable bonds is 4. The van der Waals surface area contributed by atoms with Crippen LogP contribution in [0.25, 0.3) is 0 Å². The Morgan fingerprint density at radius 1 is 0.929 bits per heavy atom. The molecule has 1 N–H and O–H groups in total. The number of amides is 1. The number of anilines is 3. The summed E-state index contributed by atoms with van der Waals surface area (Å²) in [5, 5.41) is 2.97. The molecule has 1 aromatic heterocycles. The summed E-state index contributed by atoms with van der Waals surface area (Å²) >= 11 is 0. The van der Waals surface area contributed by atoms with E-state index in [0.29, 0.717) is 5.57 Å². The van der Waals surface area contributed by atoms with Crippen molar-refractivity contribution in [3.05, 3.63) is 84.6 Å². The quantitative estimate of drug-likeness (QED) is 0.887. The highest BCUT2D eigenvalue weighted by atomic mass is 16.1.